The van der Waals surface area contributed by atoms with Gasteiger partial charge in [-0.3, -0.25) is 14.9 Å². The summed E-state index contributed by atoms with van der Waals surface area (Å²) < 4.78 is 26.1. The predicted molar refractivity (Wildman–Crippen MR) is 69.7 cm³/mol. The quantitative estimate of drug-likeness (QED) is 0.571. The van der Waals surface area contributed by atoms with Gasteiger partial charge < -0.3 is 5.11 Å². The summed E-state index contributed by atoms with van der Waals surface area (Å²) in [6.45, 7) is 1.34. The number of carboxylic acid groups (broad SMARTS) is 1. The van der Waals surface area contributed by atoms with Crippen LogP contribution >= 0.6 is 0 Å². The van der Waals surface area contributed by atoms with E-state index in [1.165, 1.54) is 19.1 Å². The molecule has 2 N–H and O–H groups in total. The Kier molecular flexibility index (Phi) is 5.17. The molecule has 110 valence electrons. The third kappa shape index (κ3) is 4.00. The van der Waals surface area contributed by atoms with Gasteiger partial charge in [0.25, 0.3) is 5.69 Å². The molecule has 9 heteroatoms. The van der Waals surface area contributed by atoms with Crippen LogP contribution in [-0.4, -0.2) is 31.0 Å². The molecule has 8 nitrogen and oxygen atoms in total. The maximum atomic E-state index is 11.9. The number of benzene rings is 1. The number of nitro groups is 1. The van der Waals surface area contributed by atoms with Crippen molar-refractivity contribution in [3.8, 4) is 0 Å². The summed E-state index contributed by atoms with van der Waals surface area (Å²) in [4.78, 5) is 20.2. The third-order valence-electron chi connectivity index (χ3n) is 2.64. The van der Waals surface area contributed by atoms with E-state index in [4.69, 9.17) is 5.11 Å². The van der Waals surface area contributed by atoms with Crippen LogP contribution in [0.2, 0.25) is 0 Å². The summed E-state index contributed by atoms with van der Waals surface area (Å²) in [7, 11) is -4.04. The van der Waals surface area contributed by atoms with Crippen LogP contribution in [0.15, 0.2) is 29.2 Å². The average Bonchev–Trinajstić information content (AvgIpc) is 2.38. The summed E-state index contributed by atoms with van der Waals surface area (Å²) in [6, 6.07) is 4.96. The Morgan fingerprint density at radius 2 is 2.05 bits per heavy atom. The van der Waals surface area contributed by atoms with Crippen molar-refractivity contribution >= 4 is 21.7 Å². The van der Waals surface area contributed by atoms with E-state index in [9.17, 15) is 23.3 Å². The molecule has 0 bridgehead atoms. The van der Waals surface area contributed by atoms with E-state index in [-0.39, 0.29) is 13.0 Å². The molecule has 1 unspecified atom stereocenters. The molecule has 1 rings (SSSR count). The first-order valence-electron chi connectivity index (χ1n) is 5.71. The number of hydrogen-bond donors (Lipinski definition) is 2. The molecular formula is C11H14N2O6S. The van der Waals surface area contributed by atoms with Gasteiger partial charge in [0, 0.05) is 12.6 Å². The maximum Gasteiger partial charge on any atom is 0.306 e. The molecule has 0 aliphatic heterocycles. The normalized spacial score (nSPS) is 12.8. The zero-order valence-electron chi connectivity index (χ0n) is 10.6. The molecule has 0 fully saturated rings. The fourth-order valence-electron chi connectivity index (χ4n) is 1.45. The molecule has 0 aliphatic rings. The molecule has 0 aliphatic carbocycles. The van der Waals surface area contributed by atoms with Crippen molar-refractivity contribution in [2.24, 2.45) is 5.92 Å². The van der Waals surface area contributed by atoms with Crippen LogP contribution in [0, 0.1) is 16.0 Å². The molecule has 0 saturated carbocycles. The Morgan fingerprint density at radius 1 is 1.45 bits per heavy atom. The van der Waals surface area contributed by atoms with Crippen molar-refractivity contribution in [1.29, 1.82) is 0 Å². The second kappa shape index (κ2) is 6.44. The number of carboxylic acids is 1. The molecule has 0 amide bonds. The maximum absolute atomic E-state index is 11.9. The second-order valence-corrected chi connectivity index (χ2v) is 5.89. The summed E-state index contributed by atoms with van der Waals surface area (Å²) >= 11 is 0. The van der Waals surface area contributed by atoms with Crippen LogP contribution in [0.1, 0.15) is 13.3 Å². The molecule has 0 aromatic heterocycles. The van der Waals surface area contributed by atoms with E-state index in [0.717, 1.165) is 12.1 Å². The van der Waals surface area contributed by atoms with Crippen LogP contribution in [0.5, 0.6) is 0 Å². The third-order valence-corrected chi connectivity index (χ3v) is 4.15. The van der Waals surface area contributed by atoms with Crippen LogP contribution in [0.25, 0.3) is 0 Å². The van der Waals surface area contributed by atoms with Gasteiger partial charge in [0.15, 0.2) is 4.90 Å². The SMILES string of the molecule is CC(CCNS(=O)(=O)c1ccccc1[N+](=O)[O-])C(=O)O. The number of aliphatic carboxylic acids is 1. The molecule has 0 spiro atoms. The largest absolute Gasteiger partial charge is 0.481 e. The number of nitrogens with zero attached hydrogens (tertiary/aromatic N) is 1. The van der Waals surface area contributed by atoms with Crippen molar-refractivity contribution < 1.29 is 23.2 Å². The van der Waals surface area contributed by atoms with Crippen molar-refractivity contribution in [2.45, 2.75) is 18.2 Å². The monoisotopic (exact) mass is 302 g/mol. The number of carbonyl (C=O) groups is 1. The molecule has 20 heavy (non-hydrogen) atoms. The van der Waals surface area contributed by atoms with E-state index in [2.05, 4.69) is 4.72 Å². The number of rotatable bonds is 7. The van der Waals surface area contributed by atoms with E-state index in [1.807, 2.05) is 0 Å². The first-order valence-corrected chi connectivity index (χ1v) is 7.20. The van der Waals surface area contributed by atoms with E-state index in [0.29, 0.717) is 0 Å². The Bertz CT molecular complexity index is 613. The van der Waals surface area contributed by atoms with E-state index < -0.39 is 37.4 Å². The molecule has 0 saturated heterocycles. The number of nitro benzene ring substituents is 1. The van der Waals surface area contributed by atoms with E-state index in [1.54, 1.807) is 0 Å². The van der Waals surface area contributed by atoms with Gasteiger partial charge in [0.1, 0.15) is 0 Å². The van der Waals surface area contributed by atoms with Gasteiger partial charge in [0.2, 0.25) is 10.0 Å². The smallest absolute Gasteiger partial charge is 0.306 e. The second-order valence-electron chi connectivity index (χ2n) is 4.15. The minimum Gasteiger partial charge on any atom is -0.481 e. The lowest BCUT2D eigenvalue weighted by molar-refractivity contribution is -0.387. The van der Waals surface area contributed by atoms with Gasteiger partial charge in [-0.2, -0.15) is 0 Å². The Labute approximate surface area is 115 Å². The van der Waals surface area contributed by atoms with Gasteiger partial charge in [-0.15, -0.1) is 0 Å². The number of nitrogens with one attached hydrogen (secondary N) is 1. The fraction of sp³-hybridized carbons (Fsp3) is 0.364. The highest BCUT2D eigenvalue weighted by molar-refractivity contribution is 7.89. The van der Waals surface area contributed by atoms with Gasteiger partial charge in [-0.1, -0.05) is 19.1 Å². The molecule has 1 aromatic carbocycles. The summed E-state index contributed by atoms with van der Waals surface area (Å²) in [5, 5.41) is 19.5. The first kappa shape index (κ1) is 16.1. The lowest BCUT2D eigenvalue weighted by atomic mass is 10.1. The predicted octanol–water partition coefficient (Wildman–Crippen LogP) is 0.984. The minimum absolute atomic E-state index is 0.0925. The van der Waals surface area contributed by atoms with E-state index >= 15 is 0 Å². The topological polar surface area (TPSA) is 127 Å². The number of sulfonamides is 1. The van der Waals surface area contributed by atoms with Crippen molar-refractivity contribution in [1.82, 2.24) is 4.72 Å². The molecule has 0 heterocycles. The lowest BCUT2D eigenvalue weighted by Gasteiger charge is -2.09. The minimum atomic E-state index is -4.04. The lowest BCUT2D eigenvalue weighted by Crippen LogP contribution is -2.27. The van der Waals surface area contributed by atoms with Crippen LogP contribution in [0.3, 0.4) is 0 Å². The van der Waals surface area contributed by atoms with Crippen molar-refractivity contribution in [3.63, 3.8) is 0 Å². The number of hydrogen-bond acceptors (Lipinski definition) is 5. The van der Waals surface area contributed by atoms with Gasteiger partial charge in [-0.25, -0.2) is 13.1 Å². The zero-order valence-corrected chi connectivity index (χ0v) is 11.5. The summed E-state index contributed by atoms with van der Waals surface area (Å²) in [5.74, 6) is -1.74. The molecular weight excluding hydrogens is 288 g/mol. The van der Waals surface area contributed by atoms with Crippen molar-refractivity contribution in [3.05, 3.63) is 34.4 Å². The van der Waals surface area contributed by atoms with Crippen LogP contribution < -0.4 is 4.72 Å². The summed E-state index contributed by atoms with van der Waals surface area (Å²) in [5.41, 5.74) is -0.522. The highest BCUT2D eigenvalue weighted by Gasteiger charge is 2.25. The highest BCUT2D eigenvalue weighted by Crippen LogP contribution is 2.22. The zero-order chi connectivity index (χ0) is 15.3. The van der Waals surface area contributed by atoms with Crippen molar-refractivity contribution in [2.75, 3.05) is 6.54 Å². The Balaban J connectivity index is 2.85. The fourth-order valence-corrected chi connectivity index (χ4v) is 2.66. The highest BCUT2D eigenvalue weighted by atomic mass is 32.2. The van der Waals surface area contributed by atoms with Gasteiger partial charge in [-0.05, 0) is 12.5 Å². The number of para-hydroxylation sites is 1. The Hall–Kier alpha value is -2.00. The average molecular weight is 302 g/mol. The first-order chi connectivity index (χ1) is 9.25. The molecule has 0 radical (unpaired) electrons. The van der Waals surface area contributed by atoms with Gasteiger partial charge >= 0.3 is 5.97 Å². The Morgan fingerprint density at radius 3 is 2.60 bits per heavy atom. The molecule has 1 atom stereocenters. The molecule has 1 aromatic rings. The van der Waals surface area contributed by atoms with Gasteiger partial charge in [0.05, 0.1) is 10.8 Å². The standard InChI is InChI=1S/C11H14N2O6S/c1-8(11(14)15)6-7-12-20(18,19)10-5-3-2-4-9(10)13(16)17/h2-5,8,12H,6-7H2,1H3,(H,14,15). The van der Waals surface area contributed by atoms with Crippen LogP contribution in [-0.2, 0) is 14.8 Å². The summed E-state index contributed by atoms with van der Waals surface area (Å²) in [6.07, 6.45) is 0.0925. The van der Waals surface area contributed by atoms with Crippen LogP contribution in [0.4, 0.5) is 5.69 Å².